The van der Waals surface area contributed by atoms with E-state index in [1.165, 1.54) is 0 Å². The Kier molecular flexibility index (Phi) is 3.95. The van der Waals surface area contributed by atoms with E-state index in [2.05, 4.69) is 26.9 Å². The van der Waals surface area contributed by atoms with Crippen LogP contribution in [0.5, 0.6) is 0 Å². The van der Waals surface area contributed by atoms with Gasteiger partial charge in [0, 0.05) is 35.8 Å². The molecule has 0 saturated heterocycles. The first-order chi connectivity index (χ1) is 6.43. The summed E-state index contributed by atoms with van der Waals surface area (Å²) in [7, 11) is 0. The van der Waals surface area contributed by atoms with E-state index in [9.17, 15) is 0 Å². The van der Waals surface area contributed by atoms with Crippen LogP contribution in [0.15, 0.2) is 29.6 Å². The number of nitrogens with zero attached hydrogens (tertiary/aromatic N) is 4. The van der Waals surface area contributed by atoms with E-state index in [0.717, 1.165) is 5.56 Å². The maximum absolute atomic E-state index is 7.98. The van der Waals surface area contributed by atoms with Crippen LogP contribution in [0.25, 0.3) is 10.4 Å². The molecule has 0 aliphatic carbocycles. The molecule has 0 aromatic carbocycles. The van der Waals surface area contributed by atoms with Gasteiger partial charge in [-0.1, -0.05) is 17.0 Å². The van der Waals surface area contributed by atoms with Gasteiger partial charge in [-0.25, -0.2) is 0 Å². The second-order valence-corrected chi connectivity index (χ2v) is 2.25. The van der Waals surface area contributed by atoms with Gasteiger partial charge in [-0.2, -0.15) is 0 Å². The number of hydrogen-bond donors (Lipinski definition) is 0. The lowest BCUT2D eigenvalue weighted by Crippen LogP contribution is -1.77. The van der Waals surface area contributed by atoms with Crippen LogP contribution in [0.3, 0.4) is 0 Å². The van der Waals surface area contributed by atoms with Gasteiger partial charge in [0.1, 0.15) is 0 Å². The maximum Gasteiger partial charge on any atom is 0.0428 e. The first kappa shape index (κ1) is 9.11. The minimum atomic E-state index is 0.420. The van der Waals surface area contributed by atoms with Gasteiger partial charge in [0.15, 0.2) is 0 Å². The molecule has 1 rings (SSSR count). The average Bonchev–Trinajstić information content (AvgIpc) is 2.19. The van der Waals surface area contributed by atoms with Gasteiger partial charge in [-0.05, 0) is 17.7 Å². The van der Waals surface area contributed by atoms with Crippen molar-refractivity contribution in [3.63, 3.8) is 0 Å². The smallest absolute Gasteiger partial charge is 0.0428 e. The van der Waals surface area contributed by atoms with Crippen molar-refractivity contribution in [1.29, 1.82) is 0 Å². The van der Waals surface area contributed by atoms with Crippen LogP contribution in [-0.4, -0.2) is 11.5 Å². The number of pyridine rings is 1. The van der Waals surface area contributed by atoms with Gasteiger partial charge < -0.3 is 0 Å². The summed E-state index contributed by atoms with van der Waals surface area (Å²) >= 11 is 0. The Bertz CT molecular complexity index is 354. The van der Waals surface area contributed by atoms with Gasteiger partial charge >= 0.3 is 0 Å². The van der Waals surface area contributed by atoms with E-state index in [0.29, 0.717) is 13.0 Å². The van der Waals surface area contributed by atoms with Crippen LogP contribution >= 0.6 is 0 Å². The molecular weight excluding hydrogens is 164 g/mol. The number of hydrogen-bond acceptors (Lipinski definition) is 2. The van der Waals surface area contributed by atoms with E-state index >= 15 is 0 Å². The Labute approximate surface area is 76.2 Å². The van der Waals surface area contributed by atoms with Crippen LogP contribution in [0.2, 0.25) is 0 Å². The minimum absolute atomic E-state index is 0.420. The molecule has 0 aliphatic rings. The van der Waals surface area contributed by atoms with Gasteiger partial charge in [0.05, 0.1) is 0 Å². The lowest BCUT2D eigenvalue weighted by molar-refractivity contribution is 1.01. The molecule has 0 N–H and O–H groups in total. The maximum atomic E-state index is 7.98. The van der Waals surface area contributed by atoms with E-state index in [1.807, 2.05) is 12.1 Å². The lowest BCUT2D eigenvalue weighted by atomic mass is 10.3. The minimum Gasteiger partial charge on any atom is -0.263 e. The topological polar surface area (TPSA) is 61.7 Å². The molecule has 13 heavy (non-hydrogen) atoms. The van der Waals surface area contributed by atoms with Crippen molar-refractivity contribution < 1.29 is 0 Å². The monoisotopic (exact) mass is 172 g/mol. The Morgan fingerprint density at radius 2 is 2.54 bits per heavy atom. The molecular formula is C9H8N4. The number of aromatic nitrogens is 1. The van der Waals surface area contributed by atoms with Gasteiger partial charge in [0.2, 0.25) is 0 Å². The predicted molar refractivity (Wildman–Crippen MR) is 49.7 cm³/mol. The van der Waals surface area contributed by atoms with Crippen molar-refractivity contribution in [2.75, 3.05) is 6.54 Å². The largest absolute Gasteiger partial charge is 0.263 e. The second-order valence-electron chi connectivity index (χ2n) is 2.25. The molecule has 4 heteroatoms. The fraction of sp³-hybridized carbons (Fsp3) is 0.222. The number of rotatable bonds is 2. The molecule has 0 atom stereocenters. The Morgan fingerprint density at radius 3 is 3.23 bits per heavy atom. The molecule has 0 aliphatic heterocycles. The summed E-state index contributed by atoms with van der Waals surface area (Å²) in [4.78, 5) is 6.54. The third kappa shape index (κ3) is 3.80. The van der Waals surface area contributed by atoms with Crippen molar-refractivity contribution in [3.05, 3.63) is 40.5 Å². The summed E-state index contributed by atoms with van der Waals surface area (Å²) in [6.07, 6.45) is 3.98. The molecule has 0 amide bonds. The summed E-state index contributed by atoms with van der Waals surface area (Å²) in [6.45, 7) is 0.420. The van der Waals surface area contributed by atoms with Crippen LogP contribution in [0, 0.1) is 11.8 Å². The molecule has 64 valence electrons. The summed E-state index contributed by atoms with van der Waals surface area (Å²) < 4.78 is 0. The highest BCUT2D eigenvalue weighted by atomic mass is 15.1. The third-order valence-corrected chi connectivity index (χ3v) is 1.29. The summed E-state index contributed by atoms with van der Waals surface area (Å²) in [6, 6.07) is 3.71. The van der Waals surface area contributed by atoms with Gasteiger partial charge in [-0.3, -0.25) is 4.98 Å². The van der Waals surface area contributed by atoms with E-state index in [4.69, 9.17) is 5.53 Å². The molecule has 0 bridgehead atoms. The Balaban J connectivity index is 2.44. The first-order valence-electron chi connectivity index (χ1n) is 3.83. The third-order valence-electron chi connectivity index (χ3n) is 1.29. The van der Waals surface area contributed by atoms with Crippen LogP contribution in [0.1, 0.15) is 12.0 Å². The molecule has 4 nitrogen and oxygen atoms in total. The quantitative estimate of drug-likeness (QED) is 0.221. The van der Waals surface area contributed by atoms with Crippen molar-refractivity contribution in [2.24, 2.45) is 5.11 Å². The molecule has 1 heterocycles. The highest BCUT2D eigenvalue weighted by Crippen LogP contribution is 1.91. The van der Waals surface area contributed by atoms with Crippen LogP contribution in [0.4, 0.5) is 0 Å². The molecule has 0 fully saturated rings. The summed E-state index contributed by atoms with van der Waals surface area (Å²) in [5.41, 5.74) is 8.86. The van der Waals surface area contributed by atoms with Crippen LogP contribution < -0.4 is 0 Å². The van der Waals surface area contributed by atoms with Crippen molar-refractivity contribution in [3.8, 4) is 11.8 Å². The van der Waals surface area contributed by atoms with Crippen molar-refractivity contribution in [2.45, 2.75) is 6.42 Å². The zero-order valence-electron chi connectivity index (χ0n) is 7.01. The van der Waals surface area contributed by atoms with Crippen LogP contribution in [-0.2, 0) is 0 Å². The van der Waals surface area contributed by atoms with Crippen molar-refractivity contribution >= 4 is 0 Å². The zero-order chi connectivity index (χ0) is 9.36. The molecule has 1 aromatic heterocycles. The first-order valence-corrected chi connectivity index (χ1v) is 3.83. The summed E-state index contributed by atoms with van der Waals surface area (Å²) in [5, 5.41) is 3.37. The molecule has 0 spiro atoms. The Morgan fingerprint density at radius 1 is 1.62 bits per heavy atom. The molecule has 0 radical (unpaired) electrons. The lowest BCUT2D eigenvalue weighted by Gasteiger charge is -1.85. The van der Waals surface area contributed by atoms with E-state index in [-0.39, 0.29) is 0 Å². The SMILES string of the molecule is [N-]=[N+]=NCCC#Cc1cccnc1. The van der Waals surface area contributed by atoms with E-state index in [1.54, 1.807) is 12.4 Å². The zero-order valence-corrected chi connectivity index (χ0v) is 7.01. The molecule has 0 unspecified atom stereocenters. The number of azide groups is 1. The van der Waals surface area contributed by atoms with Gasteiger partial charge in [-0.15, -0.1) is 0 Å². The second kappa shape index (κ2) is 5.64. The highest BCUT2D eigenvalue weighted by Gasteiger charge is 1.81. The Hall–Kier alpha value is -1.98. The standard InChI is InChI=1S/C9H8N4/c10-13-12-7-2-1-4-9-5-3-6-11-8-9/h3,5-6,8H,2,7H2. The predicted octanol–water partition coefficient (Wildman–Crippen LogP) is 2.13. The van der Waals surface area contributed by atoms with Crippen molar-refractivity contribution in [1.82, 2.24) is 4.98 Å². The average molecular weight is 172 g/mol. The highest BCUT2D eigenvalue weighted by molar-refractivity contribution is 5.30. The normalized spacial score (nSPS) is 8.00. The molecule has 0 saturated carbocycles. The van der Waals surface area contributed by atoms with Gasteiger partial charge in [0.25, 0.3) is 0 Å². The summed E-state index contributed by atoms with van der Waals surface area (Å²) in [5.74, 6) is 5.79. The fourth-order valence-electron chi connectivity index (χ4n) is 0.752. The molecule has 1 aromatic rings. The van der Waals surface area contributed by atoms with E-state index < -0.39 is 0 Å². The fourth-order valence-corrected chi connectivity index (χ4v) is 0.752.